The second-order valence-corrected chi connectivity index (χ2v) is 7.85. The molecule has 0 bridgehead atoms. The highest BCUT2D eigenvalue weighted by atomic mass is 14.5. The Morgan fingerprint density at radius 1 is 1.22 bits per heavy atom. The van der Waals surface area contributed by atoms with Gasteiger partial charge in [-0.05, 0) is 68.1 Å². The molecule has 0 aliphatic heterocycles. The fourth-order valence-corrected chi connectivity index (χ4v) is 4.70. The predicted molar refractivity (Wildman–Crippen MR) is 80.5 cm³/mol. The van der Waals surface area contributed by atoms with Gasteiger partial charge in [-0.3, -0.25) is 0 Å². The molecule has 0 aromatic carbocycles. The maximum atomic E-state index is 4.33. The molecule has 2 aliphatic carbocycles. The van der Waals surface area contributed by atoms with Gasteiger partial charge in [-0.25, -0.2) is 0 Å². The monoisotopic (exact) mass is 246 g/mol. The van der Waals surface area contributed by atoms with Crippen LogP contribution in [0.15, 0.2) is 24.3 Å². The summed E-state index contributed by atoms with van der Waals surface area (Å²) in [5.41, 5.74) is 3.84. The molecule has 2 aliphatic rings. The fourth-order valence-electron chi connectivity index (χ4n) is 4.70. The summed E-state index contributed by atoms with van der Waals surface area (Å²) in [4.78, 5) is 0. The van der Waals surface area contributed by atoms with Crippen molar-refractivity contribution < 1.29 is 0 Å². The Bertz CT molecular complexity index is 364. The Hall–Kier alpha value is -0.520. The first-order chi connectivity index (χ1) is 8.26. The van der Waals surface area contributed by atoms with E-state index in [0.29, 0.717) is 10.8 Å². The Balaban J connectivity index is 2.30. The van der Waals surface area contributed by atoms with Crippen LogP contribution in [0.2, 0.25) is 0 Å². The summed E-state index contributed by atoms with van der Waals surface area (Å²) in [5.74, 6) is 1.55. The SMILES string of the molecule is C=C1CC(C)CC2(C)CC(C(=C)C)CCC2(C)C1. The molecule has 0 N–H and O–H groups in total. The van der Waals surface area contributed by atoms with Crippen LogP contribution < -0.4 is 0 Å². The van der Waals surface area contributed by atoms with E-state index in [1.54, 1.807) is 0 Å². The second-order valence-electron chi connectivity index (χ2n) is 7.85. The van der Waals surface area contributed by atoms with Crippen LogP contribution in [0.3, 0.4) is 0 Å². The minimum atomic E-state index is 0.473. The van der Waals surface area contributed by atoms with Gasteiger partial charge in [0.05, 0.1) is 0 Å². The van der Waals surface area contributed by atoms with Crippen molar-refractivity contribution in [3.8, 4) is 0 Å². The average Bonchev–Trinajstić information content (AvgIpc) is 2.29. The van der Waals surface area contributed by atoms with Crippen molar-refractivity contribution in [2.24, 2.45) is 22.7 Å². The summed E-state index contributed by atoms with van der Waals surface area (Å²) in [7, 11) is 0. The zero-order chi connectivity index (χ0) is 13.6. The molecule has 0 nitrogen and oxygen atoms in total. The van der Waals surface area contributed by atoms with Crippen molar-refractivity contribution in [3.05, 3.63) is 24.3 Å². The summed E-state index contributed by atoms with van der Waals surface area (Å²) in [6.07, 6.45) is 7.89. The fraction of sp³-hybridized carbons (Fsp3) is 0.778. The number of rotatable bonds is 1. The first-order valence-corrected chi connectivity index (χ1v) is 7.58. The standard InChI is InChI=1S/C18H30/c1-13(2)16-7-8-17(5)10-14(3)9-15(4)11-18(17,6)12-16/h15-16H,1,3,7-12H2,2,4-6H3. The Kier molecular flexibility index (Phi) is 3.51. The Labute approximate surface area is 114 Å². The minimum Gasteiger partial charge on any atom is -0.0999 e. The molecule has 4 unspecified atom stereocenters. The van der Waals surface area contributed by atoms with Gasteiger partial charge in [0.1, 0.15) is 0 Å². The molecule has 0 aromatic heterocycles. The lowest BCUT2D eigenvalue weighted by Gasteiger charge is -2.53. The summed E-state index contributed by atoms with van der Waals surface area (Å²) in [6, 6.07) is 0. The van der Waals surface area contributed by atoms with E-state index >= 15 is 0 Å². The van der Waals surface area contributed by atoms with Gasteiger partial charge in [-0.15, -0.1) is 0 Å². The van der Waals surface area contributed by atoms with Gasteiger partial charge in [0.25, 0.3) is 0 Å². The molecule has 2 rings (SSSR count). The molecule has 0 heterocycles. The quantitative estimate of drug-likeness (QED) is 0.517. The minimum absolute atomic E-state index is 0.473. The number of fused-ring (bicyclic) bond motifs is 1. The molecule has 18 heavy (non-hydrogen) atoms. The van der Waals surface area contributed by atoms with Crippen LogP contribution in [0.4, 0.5) is 0 Å². The van der Waals surface area contributed by atoms with Crippen molar-refractivity contribution in [1.29, 1.82) is 0 Å². The molecule has 102 valence electrons. The van der Waals surface area contributed by atoms with E-state index < -0.39 is 0 Å². The predicted octanol–water partition coefficient (Wildman–Crippen LogP) is 5.75. The number of hydrogen-bond acceptors (Lipinski definition) is 0. The molecule has 0 spiro atoms. The summed E-state index contributed by atoms with van der Waals surface area (Å²) in [6.45, 7) is 18.2. The molecule has 0 radical (unpaired) electrons. The van der Waals surface area contributed by atoms with Gasteiger partial charge in [-0.2, -0.15) is 0 Å². The van der Waals surface area contributed by atoms with Crippen LogP contribution in [0.5, 0.6) is 0 Å². The summed E-state index contributed by atoms with van der Waals surface area (Å²) in [5, 5.41) is 0. The van der Waals surface area contributed by atoms with Crippen LogP contribution >= 0.6 is 0 Å². The van der Waals surface area contributed by atoms with E-state index in [1.165, 1.54) is 49.7 Å². The highest BCUT2D eigenvalue weighted by Gasteiger charge is 2.50. The summed E-state index contributed by atoms with van der Waals surface area (Å²) < 4.78 is 0. The molecular weight excluding hydrogens is 216 g/mol. The Morgan fingerprint density at radius 2 is 1.89 bits per heavy atom. The first-order valence-electron chi connectivity index (χ1n) is 7.58. The van der Waals surface area contributed by atoms with Gasteiger partial charge >= 0.3 is 0 Å². The lowest BCUT2D eigenvalue weighted by molar-refractivity contribution is -0.0118. The van der Waals surface area contributed by atoms with Crippen LogP contribution in [-0.4, -0.2) is 0 Å². The molecule has 2 saturated carbocycles. The highest BCUT2D eigenvalue weighted by molar-refractivity contribution is 5.13. The summed E-state index contributed by atoms with van der Waals surface area (Å²) >= 11 is 0. The molecular formula is C18H30. The van der Waals surface area contributed by atoms with Crippen LogP contribution in [0, 0.1) is 22.7 Å². The van der Waals surface area contributed by atoms with Gasteiger partial charge < -0.3 is 0 Å². The first kappa shape index (κ1) is 13.9. The van der Waals surface area contributed by atoms with Crippen molar-refractivity contribution in [1.82, 2.24) is 0 Å². The highest BCUT2D eigenvalue weighted by Crippen LogP contribution is 2.60. The second kappa shape index (κ2) is 4.54. The largest absolute Gasteiger partial charge is 0.0999 e. The molecule has 0 heteroatoms. The van der Waals surface area contributed by atoms with Crippen molar-refractivity contribution in [3.63, 3.8) is 0 Å². The molecule has 0 aromatic rings. The third-order valence-corrected chi connectivity index (χ3v) is 5.97. The van der Waals surface area contributed by atoms with E-state index in [9.17, 15) is 0 Å². The van der Waals surface area contributed by atoms with E-state index in [0.717, 1.165) is 11.8 Å². The third-order valence-electron chi connectivity index (χ3n) is 5.97. The zero-order valence-electron chi connectivity index (χ0n) is 12.8. The van der Waals surface area contributed by atoms with Crippen molar-refractivity contribution in [2.75, 3.05) is 0 Å². The van der Waals surface area contributed by atoms with E-state index in [-0.39, 0.29) is 0 Å². The van der Waals surface area contributed by atoms with E-state index in [2.05, 4.69) is 40.9 Å². The van der Waals surface area contributed by atoms with Crippen LogP contribution in [-0.2, 0) is 0 Å². The lowest BCUT2D eigenvalue weighted by atomic mass is 9.52. The molecule has 4 atom stereocenters. The van der Waals surface area contributed by atoms with Gasteiger partial charge in [0.2, 0.25) is 0 Å². The maximum absolute atomic E-state index is 4.33. The van der Waals surface area contributed by atoms with Gasteiger partial charge in [0, 0.05) is 0 Å². The number of allylic oxidation sites excluding steroid dienone is 2. The van der Waals surface area contributed by atoms with E-state index in [1.807, 2.05) is 0 Å². The van der Waals surface area contributed by atoms with Crippen molar-refractivity contribution >= 4 is 0 Å². The molecule has 0 amide bonds. The zero-order valence-corrected chi connectivity index (χ0v) is 12.8. The van der Waals surface area contributed by atoms with Crippen LogP contribution in [0.1, 0.15) is 66.2 Å². The topological polar surface area (TPSA) is 0 Å². The lowest BCUT2D eigenvalue weighted by Crippen LogP contribution is -2.43. The molecule has 2 fully saturated rings. The molecule has 0 saturated heterocycles. The normalized spacial score (nSPS) is 45.2. The van der Waals surface area contributed by atoms with Gasteiger partial charge in [0.15, 0.2) is 0 Å². The van der Waals surface area contributed by atoms with Gasteiger partial charge in [-0.1, -0.05) is 45.1 Å². The third kappa shape index (κ3) is 2.31. The number of hydrogen-bond donors (Lipinski definition) is 0. The smallest absolute Gasteiger partial charge is 0.0203 e. The van der Waals surface area contributed by atoms with Crippen LogP contribution in [0.25, 0.3) is 0 Å². The maximum Gasteiger partial charge on any atom is -0.0203 e. The Morgan fingerprint density at radius 3 is 2.50 bits per heavy atom. The van der Waals surface area contributed by atoms with E-state index in [4.69, 9.17) is 0 Å². The van der Waals surface area contributed by atoms with Crippen molar-refractivity contribution in [2.45, 2.75) is 66.2 Å². The average molecular weight is 246 g/mol.